The number of nitrogens with two attached hydrogens (primary N) is 1. The Hall–Kier alpha value is -3.35. The van der Waals surface area contributed by atoms with Crippen molar-refractivity contribution in [3.05, 3.63) is 75.0 Å². The molecule has 2 aromatic carbocycles. The number of rotatable bonds is 12. The van der Waals surface area contributed by atoms with Crippen molar-refractivity contribution in [3.8, 4) is 11.5 Å². The van der Waals surface area contributed by atoms with Gasteiger partial charge in [-0.3, -0.25) is 9.59 Å². The fraction of sp³-hybridized carbons (Fsp3) is 0.320. The summed E-state index contributed by atoms with van der Waals surface area (Å²) in [5.74, 6) is -1.26. The molecule has 3 aromatic rings. The average molecular weight is 550 g/mol. The highest BCUT2D eigenvalue weighted by Crippen LogP contribution is 2.30. The molecule has 1 amide bonds. The number of carbonyl (C=O) groups excluding carboxylic acids is 2. The summed E-state index contributed by atoms with van der Waals surface area (Å²) in [6.45, 7) is 2.14. The largest absolute Gasteiger partial charge is 0.496 e. The van der Waals surface area contributed by atoms with Crippen molar-refractivity contribution in [2.75, 3.05) is 26.5 Å². The summed E-state index contributed by atoms with van der Waals surface area (Å²) in [7, 11) is -1.00. The molecule has 0 radical (unpaired) electrons. The highest BCUT2D eigenvalue weighted by Gasteiger charge is 2.22. The van der Waals surface area contributed by atoms with Crippen LogP contribution in [0, 0.1) is 12.7 Å². The highest BCUT2D eigenvalue weighted by atomic mass is 32.2. The second-order valence-corrected chi connectivity index (χ2v) is 10.8. The Bertz CT molecular complexity index is 1370. The van der Waals surface area contributed by atoms with Gasteiger partial charge in [-0.15, -0.1) is 11.3 Å². The SMILES string of the molecule is COc1cc(C(=O)N(CCCc2ccccc2F)Cc2nc(C(=O)CS(N)(=O)=O)cs2)cc(OC)c1C. The van der Waals surface area contributed by atoms with Gasteiger partial charge >= 0.3 is 0 Å². The third-order valence-corrected chi connectivity index (χ3v) is 7.11. The number of halogens is 1. The molecule has 0 aliphatic heterocycles. The van der Waals surface area contributed by atoms with Crippen LogP contribution in [0.2, 0.25) is 0 Å². The van der Waals surface area contributed by atoms with Gasteiger partial charge in [-0.25, -0.2) is 22.9 Å². The number of Topliss-reactive ketones (excluding diaryl/α,β-unsaturated/α-hetero) is 1. The van der Waals surface area contributed by atoms with E-state index in [1.807, 2.05) is 6.92 Å². The third kappa shape index (κ3) is 7.57. The minimum absolute atomic E-state index is 0.0357. The number of thiazole rings is 1. The van der Waals surface area contributed by atoms with Crippen LogP contribution in [0.5, 0.6) is 11.5 Å². The standard InChI is InChI=1S/C25H28FN3O6S2/c1-16-22(34-2)11-18(12-23(16)35-3)25(31)29(10-6-8-17-7-4-5-9-19(17)26)13-24-28-20(14-36-24)21(30)15-37(27,32)33/h4-5,7,9,11-12,14H,6,8,10,13,15H2,1-3H3,(H2,27,32,33). The van der Waals surface area contributed by atoms with E-state index in [1.54, 1.807) is 30.3 Å². The Labute approximate surface area is 219 Å². The van der Waals surface area contributed by atoms with Crippen LogP contribution in [0.15, 0.2) is 41.8 Å². The van der Waals surface area contributed by atoms with Crippen LogP contribution in [0.1, 0.15) is 43.4 Å². The number of primary sulfonamides is 1. The van der Waals surface area contributed by atoms with Gasteiger partial charge in [0.25, 0.3) is 5.91 Å². The van der Waals surface area contributed by atoms with Gasteiger partial charge in [-0.05, 0) is 43.5 Å². The van der Waals surface area contributed by atoms with Crippen molar-refractivity contribution >= 4 is 33.1 Å². The van der Waals surface area contributed by atoms with Gasteiger partial charge in [0, 0.05) is 23.1 Å². The summed E-state index contributed by atoms with van der Waals surface area (Å²) < 4.78 is 47.4. The minimum atomic E-state index is -4.00. The Balaban J connectivity index is 1.86. The van der Waals surface area contributed by atoms with E-state index in [4.69, 9.17) is 14.6 Å². The number of sulfonamides is 1. The fourth-order valence-corrected chi connectivity index (χ4v) is 5.06. The maximum absolute atomic E-state index is 14.1. The van der Waals surface area contributed by atoms with E-state index in [0.29, 0.717) is 40.5 Å². The quantitative estimate of drug-likeness (QED) is 0.343. The molecule has 3 rings (SSSR count). The van der Waals surface area contributed by atoms with Gasteiger partial charge in [-0.1, -0.05) is 18.2 Å². The van der Waals surface area contributed by atoms with Crippen molar-refractivity contribution in [1.82, 2.24) is 9.88 Å². The Morgan fingerprint density at radius 3 is 2.38 bits per heavy atom. The van der Waals surface area contributed by atoms with Crippen LogP contribution in [0.25, 0.3) is 0 Å². The lowest BCUT2D eigenvalue weighted by atomic mass is 10.1. The van der Waals surface area contributed by atoms with Gasteiger partial charge < -0.3 is 14.4 Å². The van der Waals surface area contributed by atoms with Crippen molar-refractivity contribution in [1.29, 1.82) is 0 Å². The molecule has 0 fully saturated rings. The number of ketones is 1. The van der Waals surface area contributed by atoms with Crippen molar-refractivity contribution < 1.29 is 31.9 Å². The number of ether oxygens (including phenoxy) is 2. The molecule has 0 unspecified atom stereocenters. The minimum Gasteiger partial charge on any atom is -0.496 e. The van der Waals surface area contributed by atoms with Gasteiger partial charge in [-0.2, -0.15) is 0 Å². The van der Waals surface area contributed by atoms with Crippen molar-refractivity contribution in [3.63, 3.8) is 0 Å². The number of amides is 1. The molecule has 0 spiro atoms. The number of benzene rings is 2. The molecular formula is C25H28FN3O6S2. The van der Waals surface area contributed by atoms with E-state index in [9.17, 15) is 22.4 Å². The molecule has 0 bridgehead atoms. The number of aryl methyl sites for hydroxylation is 1. The van der Waals surface area contributed by atoms with Crippen LogP contribution in [-0.2, 0) is 23.0 Å². The van der Waals surface area contributed by atoms with Gasteiger partial charge in [0.1, 0.15) is 33.8 Å². The summed E-state index contributed by atoms with van der Waals surface area (Å²) in [6, 6.07) is 9.69. The summed E-state index contributed by atoms with van der Waals surface area (Å²) in [5, 5.41) is 6.83. The maximum Gasteiger partial charge on any atom is 0.254 e. The van der Waals surface area contributed by atoms with Gasteiger partial charge in [0.05, 0.1) is 20.8 Å². The lowest BCUT2D eigenvalue weighted by Crippen LogP contribution is -2.32. The van der Waals surface area contributed by atoms with Crippen molar-refractivity contribution in [2.45, 2.75) is 26.3 Å². The van der Waals surface area contributed by atoms with Crippen molar-refractivity contribution in [2.24, 2.45) is 5.14 Å². The number of carbonyl (C=O) groups is 2. The topological polar surface area (TPSA) is 129 Å². The fourth-order valence-electron chi connectivity index (χ4n) is 3.74. The molecule has 0 atom stereocenters. The van der Waals surface area contributed by atoms with E-state index in [1.165, 1.54) is 30.6 Å². The molecule has 0 saturated heterocycles. The summed E-state index contributed by atoms with van der Waals surface area (Å²) in [6.07, 6.45) is 0.877. The van der Waals surface area contributed by atoms with E-state index < -0.39 is 21.6 Å². The Morgan fingerprint density at radius 2 is 1.78 bits per heavy atom. The predicted molar refractivity (Wildman–Crippen MR) is 138 cm³/mol. The van der Waals surface area contributed by atoms with Crippen LogP contribution in [-0.4, -0.2) is 56.5 Å². The second kappa shape index (κ2) is 12.3. The van der Waals surface area contributed by atoms with E-state index in [-0.39, 0.29) is 30.5 Å². The first kappa shape index (κ1) is 28.2. The number of methoxy groups -OCH3 is 2. The lowest BCUT2D eigenvalue weighted by Gasteiger charge is -2.23. The van der Waals surface area contributed by atoms with Gasteiger partial charge in [0.15, 0.2) is 5.78 Å². The first-order valence-electron chi connectivity index (χ1n) is 11.3. The maximum atomic E-state index is 14.1. The monoisotopic (exact) mass is 549 g/mol. The molecule has 0 aliphatic rings. The molecule has 2 N–H and O–H groups in total. The second-order valence-electron chi connectivity index (χ2n) is 8.28. The normalized spacial score (nSPS) is 11.3. The lowest BCUT2D eigenvalue weighted by molar-refractivity contribution is 0.0740. The number of hydrogen-bond acceptors (Lipinski definition) is 8. The summed E-state index contributed by atoms with van der Waals surface area (Å²) >= 11 is 1.12. The van der Waals surface area contributed by atoms with E-state index >= 15 is 0 Å². The molecule has 12 heteroatoms. The van der Waals surface area contributed by atoms with Crippen LogP contribution < -0.4 is 14.6 Å². The molecule has 198 valence electrons. The zero-order valence-corrected chi connectivity index (χ0v) is 22.3. The molecule has 1 heterocycles. The van der Waals surface area contributed by atoms with Crippen LogP contribution >= 0.6 is 11.3 Å². The first-order valence-corrected chi connectivity index (χ1v) is 13.8. The summed E-state index contributed by atoms with van der Waals surface area (Å²) in [4.78, 5) is 31.5. The smallest absolute Gasteiger partial charge is 0.254 e. The highest BCUT2D eigenvalue weighted by molar-refractivity contribution is 7.89. The van der Waals surface area contributed by atoms with E-state index in [0.717, 1.165) is 16.9 Å². The molecule has 9 nitrogen and oxygen atoms in total. The van der Waals surface area contributed by atoms with Crippen LogP contribution in [0.3, 0.4) is 0 Å². The number of aromatic nitrogens is 1. The van der Waals surface area contributed by atoms with Gasteiger partial charge in [0.2, 0.25) is 10.0 Å². The molecule has 1 aromatic heterocycles. The first-order chi connectivity index (χ1) is 17.5. The third-order valence-electron chi connectivity index (χ3n) is 5.61. The Morgan fingerprint density at radius 1 is 1.14 bits per heavy atom. The number of nitrogens with zero attached hydrogens (tertiary/aromatic N) is 2. The molecule has 37 heavy (non-hydrogen) atoms. The Kier molecular flexibility index (Phi) is 9.35. The predicted octanol–water partition coefficient (Wildman–Crippen LogP) is 3.35. The number of hydrogen-bond donors (Lipinski definition) is 1. The summed E-state index contributed by atoms with van der Waals surface area (Å²) in [5.41, 5.74) is 1.57. The van der Waals surface area contributed by atoms with Crippen LogP contribution in [0.4, 0.5) is 4.39 Å². The average Bonchev–Trinajstić information content (AvgIpc) is 3.32. The molecular weight excluding hydrogens is 521 g/mol. The molecule has 0 aliphatic carbocycles. The zero-order valence-electron chi connectivity index (χ0n) is 20.7. The molecule has 0 saturated carbocycles. The van der Waals surface area contributed by atoms with E-state index in [2.05, 4.69) is 4.98 Å². The zero-order chi connectivity index (χ0) is 27.2.